The second kappa shape index (κ2) is 12.4. The summed E-state index contributed by atoms with van der Waals surface area (Å²) in [6, 6.07) is 4.57. The average molecular weight is 473 g/mol. The molecule has 1 aliphatic rings. The minimum absolute atomic E-state index is 0.00313. The molecule has 0 aliphatic carbocycles. The molecule has 2 heterocycles. The van der Waals surface area contributed by atoms with Crippen molar-refractivity contribution in [3.05, 3.63) is 34.2 Å². The van der Waals surface area contributed by atoms with Gasteiger partial charge in [0.1, 0.15) is 6.04 Å². The molecule has 3 rings (SSSR count). The molecule has 2 bridgehead atoms. The maximum absolute atomic E-state index is 12.8. The topological polar surface area (TPSA) is 137 Å². The van der Waals surface area contributed by atoms with Gasteiger partial charge in [0, 0.05) is 31.6 Å². The number of nitrogens with zero attached hydrogens (tertiary/aromatic N) is 1. The first-order valence-corrected chi connectivity index (χ1v) is 12.2. The summed E-state index contributed by atoms with van der Waals surface area (Å²) < 4.78 is 1.58. The van der Waals surface area contributed by atoms with Gasteiger partial charge in [0.15, 0.2) is 0 Å². The highest BCUT2D eigenvalue weighted by atomic mass is 16.2. The van der Waals surface area contributed by atoms with Gasteiger partial charge in [-0.1, -0.05) is 20.3 Å². The Morgan fingerprint density at radius 2 is 1.76 bits per heavy atom. The molecule has 0 saturated carbocycles. The molecule has 1 aromatic carbocycles. The van der Waals surface area contributed by atoms with Crippen LogP contribution in [0.15, 0.2) is 23.0 Å². The molecular formula is C24H36N6O4. The predicted molar refractivity (Wildman–Crippen MR) is 131 cm³/mol. The van der Waals surface area contributed by atoms with Crippen LogP contribution in [0.5, 0.6) is 0 Å². The minimum atomic E-state index is -0.588. The Labute approximate surface area is 199 Å². The molecule has 0 radical (unpaired) electrons. The number of aromatic nitrogens is 2. The van der Waals surface area contributed by atoms with Crippen molar-refractivity contribution in [3.8, 4) is 0 Å². The fraction of sp³-hybridized carbons (Fsp3) is 0.583. The van der Waals surface area contributed by atoms with E-state index in [0.717, 1.165) is 19.4 Å². The molecule has 0 saturated heterocycles. The normalized spacial score (nSPS) is 20.8. The standard InChI is InChI=1S/C24H36N6O4/c1-3-16(2)21-23(33)27-13-6-14-30-19-15-17(8-9-18(19)28-24(30)34)22(32)26-12-5-11-25-10-4-7-20(31)29-21/h8-9,15-16,21,25H,3-7,10-14H2,1-2H3,(H,26,32)(H,27,33)(H,28,34)(H,29,31)/t16-,21-/m0/s1. The number of amides is 3. The molecule has 1 aromatic heterocycles. The first kappa shape index (κ1) is 25.5. The third kappa shape index (κ3) is 6.69. The highest BCUT2D eigenvalue weighted by Gasteiger charge is 2.25. The molecule has 3 amide bonds. The number of fused-ring (bicyclic) bond motifs is 1. The molecule has 0 fully saturated rings. The summed E-state index contributed by atoms with van der Waals surface area (Å²) in [6.45, 7) is 6.62. The number of benzene rings is 1. The van der Waals surface area contributed by atoms with E-state index in [1.165, 1.54) is 0 Å². The van der Waals surface area contributed by atoms with Crippen LogP contribution in [0.2, 0.25) is 0 Å². The van der Waals surface area contributed by atoms with Crippen molar-refractivity contribution in [2.45, 2.75) is 58.5 Å². The van der Waals surface area contributed by atoms with E-state index in [-0.39, 0.29) is 29.3 Å². The van der Waals surface area contributed by atoms with Gasteiger partial charge in [-0.15, -0.1) is 0 Å². The van der Waals surface area contributed by atoms with Crippen LogP contribution >= 0.6 is 0 Å². The summed E-state index contributed by atoms with van der Waals surface area (Å²) in [5.41, 5.74) is 1.55. The summed E-state index contributed by atoms with van der Waals surface area (Å²) in [5.74, 6) is -0.533. The summed E-state index contributed by atoms with van der Waals surface area (Å²) in [7, 11) is 0. The molecule has 5 N–H and O–H groups in total. The maximum atomic E-state index is 12.8. The minimum Gasteiger partial charge on any atom is -0.354 e. The number of H-pyrrole nitrogens is 1. The molecule has 0 unspecified atom stereocenters. The molecule has 2 aromatic rings. The molecule has 0 spiro atoms. The fourth-order valence-electron chi connectivity index (χ4n) is 4.04. The zero-order valence-electron chi connectivity index (χ0n) is 20.0. The highest BCUT2D eigenvalue weighted by Crippen LogP contribution is 2.14. The van der Waals surface area contributed by atoms with Crippen LogP contribution in [0.3, 0.4) is 0 Å². The van der Waals surface area contributed by atoms with Crippen LogP contribution in [0.4, 0.5) is 0 Å². The fourth-order valence-corrected chi connectivity index (χ4v) is 4.04. The van der Waals surface area contributed by atoms with Gasteiger partial charge in [0.05, 0.1) is 11.0 Å². The van der Waals surface area contributed by atoms with Crippen LogP contribution in [0.1, 0.15) is 56.3 Å². The Morgan fingerprint density at radius 1 is 1.00 bits per heavy atom. The van der Waals surface area contributed by atoms with Gasteiger partial charge in [-0.2, -0.15) is 0 Å². The lowest BCUT2D eigenvalue weighted by Crippen LogP contribution is -2.50. The van der Waals surface area contributed by atoms with Crippen molar-refractivity contribution in [2.24, 2.45) is 5.92 Å². The van der Waals surface area contributed by atoms with E-state index in [4.69, 9.17) is 0 Å². The van der Waals surface area contributed by atoms with Gasteiger partial charge in [-0.3, -0.25) is 19.0 Å². The van der Waals surface area contributed by atoms with Crippen LogP contribution in [0, 0.1) is 5.92 Å². The van der Waals surface area contributed by atoms with Crippen molar-refractivity contribution >= 4 is 28.8 Å². The van der Waals surface area contributed by atoms with E-state index in [0.29, 0.717) is 62.0 Å². The van der Waals surface area contributed by atoms with Gasteiger partial charge in [0.2, 0.25) is 11.8 Å². The number of nitrogens with one attached hydrogen (secondary N) is 5. The van der Waals surface area contributed by atoms with Gasteiger partial charge < -0.3 is 26.3 Å². The molecule has 10 nitrogen and oxygen atoms in total. The lowest BCUT2D eigenvalue weighted by molar-refractivity contribution is -0.130. The van der Waals surface area contributed by atoms with E-state index in [1.54, 1.807) is 22.8 Å². The Kier molecular flexibility index (Phi) is 9.26. The quantitative estimate of drug-likeness (QED) is 0.442. The number of imidazole rings is 1. The van der Waals surface area contributed by atoms with Crippen LogP contribution in [-0.4, -0.2) is 59.5 Å². The van der Waals surface area contributed by atoms with Crippen LogP contribution < -0.4 is 27.0 Å². The lowest BCUT2D eigenvalue weighted by Gasteiger charge is -2.23. The van der Waals surface area contributed by atoms with Crippen molar-refractivity contribution < 1.29 is 14.4 Å². The van der Waals surface area contributed by atoms with E-state index in [2.05, 4.69) is 26.3 Å². The van der Waals surface area contributed by atoms with Crippen molar-refractivity contribution in [1.29, 1.82) is 0 Å². The highest BCUT2D eigenvalue weighted by molar-refractivity contribution is 5.97. The van der Waals surface area contributed by atoms with Gasteiger partial charge in [0.25, 0.3) is 5.91 Å². The Bertz CT molecular complexity index is 1060. The Hall–Kier alpha value is -3.14. The lowest BCUT2D eigenvalue weighted by atomic mass is 9.98. The molecule has 186 valence electrons. The van der Waals surface area contributed by atoms with Crippen molar-refractivity contribution in [1.82, 2.24) is 30.8 Å². The summed E-state index contributed by atoms with van der Waals surface area (Å²) in [5, 5.41) is 12.0. The molecule has 2 atom stereocenters. The molecule has 10 heteroatoms. The van der Waals surface area contributed by atoms with Crippen molar-refractivity contribution in [3.63, 3.8) is 0 Å². The third-order valence-corrected chi connectivity index (χ3v) is 6.28. The maximum Gasteiger partial charge on any atom is 0.326 e. The van der Waals surface area contributed by atoms with E-state index < -0.39 is 6.04 Å². The first-order chi connectivity index (χ1) is 16.4. The van der Waals surface area contributed by atoms with Crippen LogP contribution in [0.25, 0.3) is 11.0 Å². The monoisotopic (exact) mass is 472 g/mol. The number of rotatable bonds is 2. The Morgan fingerprint density at radius 3 is 2.56 bits per heavy atom. The number of carbonyl (C=O) groups is 3. The number of hydrogen-bond acceptors (Lipinski definition) is 5. The van der Waals surface area contributed by atoms with Crippen molar-refractivity contribution in [2.75, 3.05) is 26.2 Å². The van der Waals surface area contributed by atoms with Gasteiger partial charge >= 0.3 is 5.69 Å². The molecule has 1 aliphatic heterocycles. The predicted octanol–water partition coefficient (Wildman–Crippen LogP) is 0.870. The summed E-state index contributed by atoms with van der Waals surface area (Å²) >= 11 is 0. The van der Waals surface area contributed by atoms with E-state index in [9.17, 15) is 19.2 Å². The van der Waals surface area contributed by atoms with Gasteiger partial charge in [-0.05, 0) is 56.5 Å². The zero-order valence-corrected chi connectivity index (χ0v) is 20.0. The SMILES string of the molecule is CC[C@H](C)[C@@H]1NC(=O)CCCNCCCNC(=O)c2ccc3[nH]c(=O)n(c3c2)CCCNC1=O. The van der Waals surface area contributed by atoms with Crippen LogP contribution in [-0.2, 0) is 16.1 Å². The zero-order chi connectivity index (χ0) is 24.5. The number of aromatic amines is 1. The van der Waals surface area contributed by atoms with E-state index in [1.807, 2.05) is 13.8 Å². The Balaban J connectivity index is 1.75. The average Bonchev–Trinajstić information content (AvgIpc) is 3.14. The third-order valence-electron chi connectivity index (χ3n) is 6.28. The largest absolute Gasteiger partial charge is 0.354 e. The molecular weight excluding hydrogens is 436 g/mol. The smallest absolute Gasteiger partial charge is 0.326 e. The van der Waals surface area contributed by atoms with E-state index >= 15 is 0 Å². The number of carbonyl (C=O) groups excluding carboxylic acids is 3. The number of hydrogen-bond donors (Lipinski definition) is 5. The number of aryl methyl sites for hydroxylation is 1. The summed E-state index contributed by atoms with van der Waals surface area (Å²) in [4.78, 5) is 53.0. The van der Waals surface area contributed by atoms with Gasteiger partial charge in [-0.25, -0.2) is 4.79 Å². The summed E-state index contributed by atoms with van der Waals surface area (Å²) in [6.07, 6.45) is 3.05. The molecule has 34 heavy (non-hydrogen) atoms. The second-order valence-corrected chi connectivity index (χ2v) is 8.85. The first-order valence-electron chi connectivity index (χ1n) is 12.2. The second-order valence-electron chi connectivity index (χ2n) is 8.85.